The maximum atomic E-state index is 13.9. The van der Waals surface area contributed by atoms with Gasteiger partial charge in [0.15, 0.2) is 0 Å². The highest BCUT2D eigenvalue weighted by molar-refractivity contribution is 6.30. The fourth-order valence-corrected chi connectivity index (χ4v) is 2.34. The lowest BCUT2D eigenvalue weighted by Crippen LogP contribution is -2.25. The second-order valence-electron chi connectivity index (χ2n) is 4.82. The van der Waals surface area contributed by atoms with Crippen molar-refractivity contribution in [1.82, 2.24) is 0 Å². The zero-order chi connectivity index (χ0) is 14.9. The van der Waals surface area contributed by atoms with E-state index in [1.54, 1.807) is 6.07 Å². The quantitative estimate of drug-likeness (QED) is 0.868. The number of rotatable bonds is 3. The fourth-order valence-electron chi connectivity index (χ4n) is 2.07. The van der Waals surface area contributed by atoms with E-state index >= 15 is 0 Å². The summed E-state index contributed by atoms with van der Waals surface area (Å²) >= 11 is 11.3. The van der Waals surface area contributed by atoms with Gasteiger partial charge in [0.2, 0.25) is 0 Å². The molecule has 0 heterocycles. The molecule has 0 saturated heterocycles. The van der Waals surface area contributed by atoms with E-state index < -0.39 is 17.2 Å². The molecule has 0 radical (unpaired) electrons. The second-order valence-corrected chi connectivity index (χ2v) is 5.67. The lowest BCUT2D eigenvalue weighted by atomic mass is 9.88. The van der Waals surface area contributed by atoms with Crippen LogP contribution in [0.4, 0.5) is 8.78 Å². The van der Waals surface area contributed by atoms with E-state index in [0.29, 0.717) is 5.56 Å². The Morgan fingerprint density at radius 3 is 2.35 bits per heavy atom. The Balaban J connectivity index is 2.32. The Labute approximate surface area is 125 Å². The van der Waals surface area contributed by atoms with Crippen LogP contribution in [0.5, 0.6) is 0 Å². The van der Waals surface area contributed by atoms with Crippen molar-refractivity contribution >= 4 is 23.2 Å². The van der Waals surface area contributed by atoms with Crippen LogP contribution in [0, 0.1) is 11.6 Å². The lowest BCUT2D eigenvalue weighted by molar-refractivity contribution is 0.0537. The monoisotopic (exact) mass is 316 g/mol. The van der Waals surface area contributed by atoms with Crippen LogP contribution in [0.3, 0.4) is 0 Å². The van der Waals surface area contributed by atoms with Gasteiger partial charge in [-0.2, -0.15) is 0 Å². The predicted octanol–water partition coefficient (Wildman–Crippen LogP) is 4.72. The molecule has 1 nitrogen and oxygen atoms in total. The van der Waals surface area contributed by atoms with Crippen LogP contribution in [0.15, 0.2) is 36.4 Å². The molecule has 1 atom stereocenters. The van der Waals surface area contributed by atoms with E-state index in [-0.39, 0.29) is 22.0 Å². The van der Waals surface area contributed by atoms with Gasteiger partial charge in [-0.05, 0) is 36.8 Å². The highest BCUT2D eigenvalue weighted by atomic mass is 35.5. The average Bonchev–Trinajstić information content (AvgIpc) is 2.33. The first-order chi connectivity index (χ1) is 9.29. The summed E-state index contributed by atoms with van der Waals surface area (Å²) in [4.78, 5) is 0. The lowest BCUT2D eigenvalue weighted by Gasteiger charge is -2.24. The van der Waals surface area contributed by atoms with E-state index in [9.17, 15) is 13.9 Å². The largest absolute Gasteiger partial charge is 0.385 e. The van der Waals surface area contributed by atoms with Crippen molar-refractivity contribution in [3.8, 4) is 0 Å². The normalized spacial score (nSPS) is 14.1. The molecule has 0 fully saturated rings. The van der Waals surface area contributed by atoms with Gasteiger partial charge in [-0.25, -0.2) is 8.78 Å². The summed E-state index contributed by atoms with van der Waals surface area (Å²) in [5.74, 6) is -1.17. The number of benzene rings is 2. The molecular formula is C15H12Cl2F2O. The molecule has 0 bridgehead atoms. The molecule has 2 rings (SSSR count). The topological polar surface area (TPSA) is 20.2 Å². The fraction of sp³-hybridized carbons (Fsp3) is 0.200. The standard InChI is InChI=1S/C15H12Cl2F2O/c1-15(20,11-4-3-10(16)7-13(11)18)8-9-2-5-12(17)14(19)6-9/h2-7,20H,8H2,1H3. The Hall–Kier alpha value is -1.16. The van der Waals surface area contributed by atoms with Crippen LogP contribution in [-0.2, 0) is 12.0 Å². The van der Waals surface area contributed by atoms with Gasteiger partial charge >= 0.3 is 0 Å². The van der Waals surface area contributed by atoms with Gasteiger partial charge in [-0.3, -0.25) is 0 Å². The van der Waals surface area contributed by atoms with Gasteiger partial charge in [0.05, 0.1) is 10.6 Å². The summed E-state index contributed by atoms with van der Waals surface area (Å²) in [5, 5.41) is 10.7. The van der Waals surface area contributed by atoms with Crippen molar-refractivity contribution in [2.45, 2.75) is 18.9 Å². The number of hydrogen-bond donors (Lipinski definition) is 1. The molecule has 0 saturated carbocycles. The van der Waals surface area contributed by atoms with Crippen molar-refractivity contribution in [3.63, 3.8) is 0 Å². The predicted molar refractivity (Wildman–Crippen MR) is 76.1 cm³/mol. The molecule has 106 valence electrons. The van der Waals surface area contributed by atoms with Crippen molar-refractivity contribution < 1.29 is 13.9 Å². The van der Waals surface area contributed by atoms with E-state index in [4.69, 9.17) is 23.2 Å². The van der Waals surface area contributed by atoms with Gasteiger partial charge < -0.3 is 5.11 Å². The van der Waals surface area contributed by atoms with Gasteiger partial charge in [-0.15, -0.1) is 0 Å². The molecule has 1 unspecified atom stereocenters. The minimum Gasteiger partial charge on any atom is -0.385 e. The third-order valence-electron chi connectivity index (χ3n) is 3.04. The smallest absolute Gasteiger partial charge is 0.142 e. The van der Waals surface area contributed by atoms with Crippen LogP contribution >= 0.6 is 23.2 Å². The summed E-state index contributed by atoms with van der Waals surface area (Å²) in [5.41, 5.74) is -0.849. The van der Waals surface area contributed by atoms with Gasteiger partial charge in [-0.1, -0.05) is 35.3 Å². The number of aliphatic hydroxyl groups is 1. The van der Waals surface area contributed by atoms with E-state index in [2.05, 4.69) is 0 Å². The minimum absolute atomic E-state index is 0.00562. The maximum Gasteiger partial charge on any atom is 0.142 e. The van der Waals surface area contributed by atoms with E-state index in [1.807, 2.05) is 0 Å². The van der Waals surface area contributed by atoms with E-state index in [1.165, 1.54) is 31.2 Å². The van der Waals surface area contributed by atoms with Gasteiger partial charge in [0, 0.05) is 17.0 Å². The van der Waals surface area contributed by atoms with Crippen LogP contribution in [0.1, 0.15) is 18.1 Å². The van der Waals surface area contributed by atoms with Crippen molar-refractivity contribution in [2.24, 2.45) is 0 Å². The molecule has 2 aromatic rings. The summed E-state index contributed by atoms with van der Waals surface area (Å²) in [7, 11) is 0. The van der Waals surface area contributed by atoms with Crippen molar-refractivity contribution in [1.29, 1.82) is 0 Å². The Bertz CT molecular complexity index is 642. The Kier molecular flexibility index (Phi) is 4.33. The summed E-state index contributed by atoms with van der Waals surface area (Å²) in [6.07, 6.45) is 0.0552. The molecule has 1 N–H and O–H groups in total. The molecule has 0 aliphatic carbocycles. The van der Waals surface area contributed by atoms with Crippen LogP contribution in [0.2, 0.25) is 10.0 Å². The molecule has 20 heavy (non-hydrogen) atoms. The van der Waals surface area contributed by atoms with Crippen LogP contribution in [-0.4, -0.2) is 5.11 Å². The number of hydrogen-bond acceptors (Lipinski definition) is 1. The van der Waals surface area contributed by atoms with Gasteiger partial charge in [0.25, 0.3) is 0 Å². The molecule has 0 amide bonds. The molecule has 2 aromatic carbocycles. The molecule has 0 spiro atoms. The molecule has 0 aromatic heterocycles. The third-order valence-corrected chi connectivity index (χ3v) is 3.59. The maximum absolute atomic E-state index is 13.9. The summed E-state index contributed by atoms with van der Waals surface area (Å²) in [6.45, 7) is 1.46. The van der Waals surface area contributed by atoms with Gasteiger partial charge in [0.1, 0.15) is 11.6 Å². The highest BCUT2D eigenvalue weighted by Crippen LogP contribution is 2.30. The first-order valence-corrected chi connectivity index (χ1v) is 6.67. The summed E-state index contributed by atoms with van der Waals surface area (Å²) < 4.78 is 27.2. The molecule has 5 heteroatoms. The first kappa shape index (κ1) is 15.2. The SMILES string of the molecule is CC(O)(Cc1ccc(Cl)c(F)c1)c1ccc(Cl)cc1F. The summed E-state index contributed by atoms with van der Waals surface area (Å²) in [6, 6.07) is 8.27. The minimum atomic E-state index is -1.48. The Morgan fingerprint density at radius 1 is 1.05 bits per heavy atom. The number of halogens is 4. The van der Waals surface area contributed by atoms with Crippen molar-refractivity contribution in [3.05, 3.63) is 69.2 Å². The molecular weight excluding hydrogens is 305 g/mol. The zero-order valence-electron chi connectivity index (χ0n) is 10.6. The van der Waals surface area contributed by atoms with E-state index in [0.717, 1.165) is 6.07 Å². The zero-order valence-corrected chi connectivity index (χ0v) is 12.1. The second kappa shape index (κ2) is 5.68. The average molecular weight is 317 g/mol. The van der Waals surface area contributed by atoms with Crippen LogP contribution in [0.25, 0.3) is 0 Å². The third kappa shape index (κ3) is 3.29. The highest BCUT2D eigenvalue weighted by Gasteiger charge is 2.27. The van der Waals surface area contributed by atoms with Crippen LogP contribution < -0.4 is 0 Å². The first-order valence-electron chi connectivity index (χ1n) is 5.91. The molecule has 0 aliphatic rings. The molecule has 0 aliphatic heterocycles. The van der Waals surface area contributed by atoms with Crippen molar-refractivity contribution in [2.75, 3.05) is 0 Å². The Morgan fingerprint density at radius 2 is 1.75 bits per heavy atom.